The molecular weight excluding hydrogens is 511 g/mol. The second kappa shape index (κ2) is 12.1. The van der Waals surface area contributed by atoms with Gasteiger partial charge in [0.2, 0.25) is 0 Å². The minimum Gasteiger partial charge on any atom is -0.497 e. The first-order valence-electron chi connectivity index (χ1n) is 12.6. The molecule has 5 aromatic rings. The van der Waals surface area contributed by atoms with Gasteiger partial charge < -0.3 is 19.5 Å². The van der Waals surface area contributed by atoms with Crippen LogP contribution in [-0.4, -0.2) is 41.5 Å². The Bertz CT molecular complexity index is 1600. The van der Waals surface area contributed by atoms with Crippen LogP contribution < -0.4 is 19.5 Å². The van der Waals surface area contributed by atoms with Crippen molar-refractivity contribution >= 4 is 11.6 Å². The smallest absolute Gasteiger partial charge is 0.336 e. The van der Waals surface area contributed by atoms with Crippen molar-refractivity contribution in [3.8, 4) is 34.6 Å². The van der Waals surface area contributed by atoms with E-state index in [2.05, 4.69) is 15.4 Å². The number of anilines is 1. The zero-order valence-electron chi connectivity index (χ0n) is 22.0. The second-order valence-electron chi connectivity index (χ2n) is 8.79. The monoisotopic (exact) mass is 538 g/mol. The molecule has 0 bridgehead atoms. The lowest BCUT2D eigenvalue weighted by Crippen LogP contribution is -2.12. The van der Waals surface area contributed by atoms with Crippen LogP contribution in [0.15, 0.2) is 97.1 Å². The molecule has 1 aromatic heterocycles. The molecule has 202 valence electrons. The molecule has 0 atom stereocenters. The fourth-order valence-electron chi connectivity index (χ4n) is 4.06. The maximum atomic E-state index is 14.7. The van der Waals surface area contributed by atoms with E-state index in [4.69, 9.17) is 14.2 Å². The third-order valence-corrected chi connectivity index (χ3v) is 6.19. The topological polar surface area (TPSA) is 87.5 Å². The minimum absolute atomic E-state index is 0.127. The van der Waals surface area contributed by atoms with Crippen LogP contribution in [0.4, 0.5) is 10.1 Å². The van der Waals surface area contributed by atoms with Crippen molar-refractivity contribution in [2.75, 3.05) is 26.1 Å². The van der Waals surface area contributed by atoms with Crippen molar-refractivity contribution in [3.05, 3.63) is 114 Å². The van der Waals surface area contributed by atoms with Crippen molar-refractivity contribution in [1.29, 1.82) is 0 Å². The van der Waals surface area contributed by atoms with E-state index in [1.807, 2.05) is 24.3 Å². The molecule has 0 aliphatic rings. The fraction of sp³-hybridized carbons (Fsp3) is 0.129. The van der Waals surface area contributed by atoms with Crippen LogP contribution in [0.3, 0.4) is 0 Å². The third-order valence-electron chi connectivity index (χ3n) is 6.19. The van der Waals surface area contributed by atoms with Gasteiger partial charge in [0.25, 0.3) is 5.91 Å². The summed E-state index contributed by atoms with van der Waals surface area (Å²) in [5.41, 5.74) is 3.03. The number of rotatable bonds is 10. The molecule has 0 fully saturated rings. The van der Waals surface area contributed by atoms with E-state index in [0.717, 1.165) is 11.3 Å². The summed E-state index contributed by atoms with van der Waals surface area (Å²) in [5, 5.41) is 7.38. The van der Waals surface area contributed by atoms with Crippen LogP contribution in [0.1, 0.15) is 15.9 Å². The number of nitrogens with one attached hydrogen (secondary N) is 1. The van der Waals surface area contributed by atoms with E-state index >= 15 is 0 Å². The van der Waals surface area contributed by atoms with Gasteiger partial charge in [-0.2, -0.15) is 4.98 Å². The highest BCUT2D eigenvalue weighted by Crippen LogP contribution is 2.27. The predicted octanol–water partition coefficient (Wildman–Crippen LogP) is 5.96. The van der Waals surface area contributed by atoms with Crippen molar-refractivity contribution in [2.45, 2.75) is 6.42 Å². The molecule has 0 aliphatic carbocycles. The van der Waals surface area contributed by atoms with E-state index in [1.165, 1.54) is 10.7 Å². The molecule has 0 unspecified atom stereocenters. The van der Waals surface area contributed by atoms with Gasteiger partial charge in [-0.25, -0.2) is 9.07 Å². The number of halogens is 1. The molecule has 9 heteroatoms. The number of benzene rings is 4. The minimum atomic E-state index is -0.428. The van der Waals surface area contributed by atoms with Crippen molar-refractivity contribution < 1.29 is 23.4 Å². The molecule has 1 N–H and O–H groups in total. The maximum absolute atomic E-state index is 14.7. The van der Waals surface area contributed by atoms with Gasteiger partial charge in [-0.05, 0) is 72.3 Å². The Kier molecular flexibility index (Phi) is 8.01. The standard InChI is InChI=1S/C31H27FN4O4/c1-38-25-16-10-21(11-17-25)18-19-40-31-34-29(27-8-3-4-9-28(27)32)36(35-31)24-14-12-23(13-15-24)33-30(37)22-6-5-7-26(20-22)39-2/h3-17,20H,18-19H2,1-2H3,(H,33,37). The lowest BCUT2D eigenvalue weighted by molar-refractivity contribution is 0.102. The van der Waals surface area contributed by atoms with Gasteiger partial charge in [0.15, 0.2) is 5.82 Å². The Hall–Kier alpha value is -5.18. The largest absolute Gasteiger partial charge is 0.497 e. The number of hydrogen-bond acceptors (Lipinski definition) is 6. The van der Waals surface area contributed by atoms with E-state index in [1.54, 1.807) is 80.9 Å². The van der Waals surface area contributed by atoms with Crippen LogP contribution >= 0.6 is 0 Å². The summed E-state index contributed by atoms with van der Waals surface area (Å²) in [6.07, 6.45) is 0.634. The molecule has 5 rings (SSSR count). The SMILES string of the molecule is COc1ccc(CCOc2nc(-c3ccccc3F)n(-c3ccc(NC(=O)c4cccc(OC)c4)cc3)n2)cc1. The molecule has 1 heterocycles. The van der Waals surface area contributed by atoms with Gasteiger partial charge in [0.05, 0.1) is 32.1 Å². The highest BCUT2D eigenvalue weighted by molar-refractivity contribution is 6.04. The average molecular weight is 539 g/mol. The normalized spacial score (nSPS) is 10.7. The number of aromatic nitrogens is 3. The molecule has 0 saturated heterocycles. The molecule has 1 amide bonds. The van der Waals surface area contributed by atoms with Gasteiger partial charge in [-0.3, -0.25) is 4.79 Å². The number of ether oxygens (including phenoxy) is 3. The van der Waals surface area contributed by atoms with Gasteiger partial charge in [0.1, 0.15) is 17.3 Å². The number of nitrogens with zero attached hydrogens (tertiary/aromatic N) is 3. The number of methoxy groups -OCH3 is 2. The van der Waals surface area contributed by atoms with Crippen molar-refractivity contribution in [2.24, 2.45) is 0 Å². The molecule has 0 aliphatic heterocycles. The number of hydrogen-bond donors (Lipinski definition) is 1. The fourth-order valence-corrected chi connectivity index (χ4v) is 4.06. The number of amides is 1. The Morgan fingerprint density at radius 1 is 0.875 bits per heavy atom. The summed E-state index contributed by atoms with van der Waals surface area (Å²) < 4.78 is 32.5. The highest BCUT2D eigenvalue weighted by Gasteiger charge is 2.18. The van der Waals surface area contributed by atoms with Crippen LogP contribution in [0, 0.1) is 5.82 Å². The summed E-state index contributed by atoms with van der Waals surface area (Å²) in [6.45, 7) is 0.336. The van der Waals surface area contributed by atoms with Crippen molar-refractivity contribution in [1.82, 2.24) is 14.8 Å². The van der Waals surface area contributed by atoms with Gasteiger partial charge in [-0.1, -0.05) is 30.3 Å². The average Bonchev–Trinajstić information content (AvgIpc) is 3.42. The third kappa shape index (κ3) is 6.10. The lowest BCUT2D eigenvalue weighted by Gasteiger charge is -2.09. The summed E-state index contributed by atoms with van der Waals surface area (Å²) in [7, 11) is 3.17. The summed E-state index contributed by atoms with van der Waals surface area (Å²) in [4.78, 5) is 17.2. The first-order chi connectivity index (χ1) is 19.5. The number of carbonyl (C=O) groups excluding carboxylic acids is 1. The predicted molar refractivity (Wildman–Crippen MR) is 150 cm³/mol. The molecular formula is C31H27FN4O4. The summed E-state index contributed by atoms with van der Waals surface area (Å²) in [5.74, 6) is 0.975. The van der Waals surface area contributed by atoms with Crippen LogP contribution in [0.5, 0.6) is 17.5 Å². The van der Waals surface area contributed by atoms with Gasteiger partial charge in [0, 0.05) is 17.7 Å². The zero-order chi connectivity index (χ0) is 27.9. The molecule has 8 nitrogen and oxygen atoms in total. The van der Waals surface area contributed by atoms with Crippen LogP contribution in [-0.2, 0) is 6.42 Å². The Morgan fingerprint density at radius 2 is 1.62 bits per heavy atom. The van der Waals surface area contributed by atoms with Gasteiger partial charge in [-0.15, -0.1) is 5.10 Å². The molecule has 0 saturated carbocycles. The first-order valence-corrected chi connectivity index (χ1v) is 12.6. The Labute approximate surface area is 231 Å². The number of carbonyl (C=O) groups is 1. The van der Waals surface area contributed by atoms with Crippen molar-refractivity contribution in [3.63, 3.8) is 0 Å². The highest BCUT2D eigenvalue weighted by atomic mass is 19.1. The Morgan fingerprint density at radius 3 is 2.35 bits per heavy atom. The van der Waals surface area contributed by atoms with E-state index in [0.29, 0.717) is 41.5 Å². The quantitative estimate of drug-likeness (QED) is 0.236. The zero-order valence-corrected chi connectivity index (χ0v) is 22.0. The molecule has 4 aromatic carbocycles. The van der Waals surface area contributed by atoms with E-state index in [-0.39, 0.29) is 17.5 Å². The maximum Gasteiger partial charge on any atom is 0.336 e. The Balaban J connectivity index is 1.35. The van der Waals surface area contributed by atoms with E-state index < -0.39 is 5.82 Å². The first kappa shape index (κ1) is 26.4. The van der Waals surface area contributed by atoms with Gasteiger partial charge >= 0.3 is 6.01 Å². The second-order valence-corrected chi connectivity index (χ2v) is 8.79. The molecule has 0 radical (unpaired) electrons. The van der Waals surface area contributed by atoms with Crippen LogP contribution in [0.25, 0.3) is 17.1 Å². The lowest BCUT2D eigenvalue weighted by atomic mass is 10.1. The molecule has 0 spiro atoms. The summed E-state index contributed by atoms with van der Waals surface area (Å²) in [6, 6.07) is 28.1. The summed E-state index contributed by atoms with van der Waals surface area (Å²) >= 11 is 0. The van der Waals surface area contributed by atoms with E-state index in [9.17, 15) is 9.18 Å². The molecule has 40 heavy (non-hydrogen) atoms. The van der Waals surface area contributed by atoms with Crippen LogP contribution in [0.2, 0.25) is 0 Å².